The van der Waals surface area contributed by atoms with Gasteiger partial charge in [0.2, 0.25) is 0 Å². The Morgan fingerprint density at radius 2 is 1.73 bits per heavy atom. The number of benzene rings is 3. The maximum absolute atomic E-state index is 6.42. The third kappa shape index (κ3) is 2.91. The number of anilines is 1. The molecule has 0 bridgehead atoms. The Bertz CT molecular complexity index is 1110. The van der Waals surface area contributed by atoms with Crippen LogP contribution < -0.4 is 10.5 Å². The molecule has 4 aromatic rings. The molecule has 0 aliphatic heterocycles. The topological polar surface area (TPSA) is 51.0 Å². The van der Waals surface area contributed by atoms with Gasteiger partial charge in [0.25, 0.3) is 0 Å². The highest BCUT2D eigenvalue weighted by Crippen LogP contribution is 2.34. The van der Waals surface area contributed by atoms with Crippen LogP contribution in [0.15, 0.2) is 60.7 Å². The summed E-state index contributed by atoms with van der Waals surface area (Å²) in [6.07, 6.45) is 0. The van der Waals surface area contributed by atoms with Crippen molar-refractivity contribution < 1.29 is 4.74 Å². The summed E-state index contributed by atoms with van der Waals surface area (Å²) < 4.78 is 5.23. The third-order valence-corrected chi connectivity index (χ3v) is 4.96. The van der Waals surface area contributed by atoms with Crippen molar-refractivity contribution in [2.45, 2.75) is 6.92 Å². The second-order valence-corrected chi connectivity index (χ2v) is 6.81. The summed E-state index contributed by atoms with van der Waals surface area (Å²) in [6.45, 7) is 2.08. The maximum atomic E-state index is 6.42. The third-order valence-electron chi connectivity index (χ3n) is 4.65. The fourth-order valence-electron chi connectivity index (χ4n) is 3.30. The predicted octanol–water partition coefficient (Wildman–Crippen LogP) is 6.05. The molecule has 0 radical (unpaired) electrons. The molecule has 1 heterocycles. The number of methoxy groups -OCH3 is 1. The number of rotatable bonds is 3. The molecule has 0 atom stereocenters. The van der Waals surface area contributed by atoms with Crippen LogP contribution in [0.4, 0.5) is 5.69 Å². The number of hydrogen-bond acceptors (Lipinski definition) is 2. The highest BCUT2D eigenvalue weighted by atomic mass is 35.5. The standard InChI is InChI=1S/C22H19ClN2O/c1-13-9-16(24)4-6-18(13)14-3-8-21-15(10-14)11-22(25-21)19-7-5-17(26-2)12-20(19)23/h3-12,25H,24H2,1-2H3. The summed E-state index contributed by atoms with van der Waals surface area (Å²) in [4.78, 5) is 3.45. The summed E-state index contributed by atoms with van der Waals surface area (Å²) in [5.74, 6) is 0.746. The van der Waals surface area contributed by atoms with E-state index in [2.05, 4.69) is 42.2 Å². The van der Waals surface area contributed by atoms with Gasteiger partial charge in [0.1, 0.15) is 5.75 Å². The van der Waals surface area contributed by atoms with E-state index >= 15 is 0 Å². The number of ether oxygens (including phenoxy) is 1. The van der Waals surface area contributed by atoms with Crippen molar-refractivity contribution in [3.8, 4) is 28.1 Å². The molecule has 0 saturated carbocycles. The first kappa shape index (κ1) is 16.6. The van der Waals surface area contributed by atoms with E-state index in [0.29, 0.717) is 5.02 Å². The van der Waals surface area contributed by atoms with Crippen molar-refractivity contribution in [1.82, 2.24) is 4.98 Å². The van der Waals surface area contributed by atoms with Crippen LogP contribution in [0.1, 0.15) is 5.56 Å². The number of H-pyrrole nitrogens is 1. The molecule has 1 aromatic heterocycles. The van der Waals surface area contributed by atoms with Gasteiger partial charge in [-0.1, -0.05) is 23.7 Å². The van der Waals surface area contributed by atoms with Crippen LogP contribution >= 0.6 is 11.6 Å². The number of nitrogen functional groups attached to an aromatic ring is 1. The van der Waals surface area contributed by atoms with E-state index in [1.807, 2.05) is 30.3 Å². The summed E-state index contributed by atoms with van der Waals surface area (Å²) >= 11 is 6.42. The number of aryl methyl sites for hydroxylation is 1. The fraction of sp³-hybridized carbons (Fsp3) is 0.0909. The average Bonchev–Trinajstić information content (AvgIpc) is 3.04. The van der Waals surface area contributed by atoms with Gasteiger partial charge in [-0.3, -0.25) is 0 Å². The first-order valence-corrected chi connectivity index (χ1v) is 8.76. The first-order chi connectivity index (χ1) is 12.5. The van der Waals surface area contributed by atoms with E-state index in [9.17, 15) is 0 Å². The molecule has 3 nitrogen and oxygen atoms in total. The first-order valence-electron chi connectivity index (χ1n) is 8.38. The lowest BCUT2D eigenvalue weighted by Gasteiger charge is -2.07. The quantitative estimate of drug-likeness (QED) is 0.435. The van der Waals surface area contributed by atoms with E-state index in [1.165, 1.54) is 16.7 Å². The zero-order valence-electron chi connectivity index (χ0n) is 14.6. The van der Waals surface area contributed by atoms with Gasteiger partial charge in [-0.25, -0.2) is 0 Å². The molecule has 3 N–H and O–H groups in total. The molecular weight excluding hydrogens is 344 g/mol. The Morgan fingerprint density at radius 3 is 2.46 bits per heavy atom. The number of hydrogen-bond donors (Lipinski definition) is 2. The number of nitrogens with one attached hydrogen (secondary N) is 1. The van der Waals surface area contributed by atoms with E-state index in [4.69, 9.17) is 22.1 Å². The maximum Gasteiger partial charge on any atom is 0.120 e. The Morgan fingerprint density at radius 1 is 0.923 bits per heavy atom. The highest BCUT2D eigenvalue weighted by Gasteiger charge is 2.10. The van der Waals surface area contributed by atoms with E-state index in [1.54, 1.807) is 7.11 Å². The van der Waals surface area contributed by atoms with E-state index in [-0.39, 0.29) is 0 Å². The second-order valence-electron chi connectivity index (χ2n) is 6.41. The summed E-state index contributed by atoms with van der Waals surface area (Å²) in [7, 11) is 1.63. The Labute approximate surface area is 157 Å². The Balaban J connectivity index is 1.79. The molecule has 0 saturated heterocycles. The molecule has 0 fully saturated rings. The van der Waals surface area contributed by atoms with Crippen LogP contribution in [0.5, 0.6) is 5.75 Å². The molecule has 0 spiro atoms. The lowest BCUT2D eigenvalue weighted by atomic mass is 9.99. The van der Waals surface area contributed by atoms with Gasteiger partial charge in [-0.2, -0.15) is 0 Å². The van der Waals surface area contributed by atoms with Crippen molar-refractivity contribution >= 4 is 28.2 Å². The van der Waals surface area contributed by atoms with Gasteiger partial charge in [0.15, 0.2) is 0 Å². The number of aromatic amines is 1. The smallest absolute Gasteiger partial charge is 0.120 e. The molecule has 26 heavy (non-hydrogen) atoms. The number of halogens is 1. The Kier molecular flexibility index (Phi) is 4.09. The fourth-order valence-corrected chi connectivity index (χ4v) is 3.57. The van der Waals surface area contributed by atoms with Gasteiger partial charge >= 0.3 is 0 Å². The van der Waals surface area contributed by atoms with Gasteiger partial charge < -0.3 is 15.5 Å². The lowest BCUT2D eigenvalue weighted by Crippen LogP contribution is -1.88. The van der Waals surface area contributed by atoms with Crippen LogP contribution in [0.3, 0.4) is 0 Å². The van der Waals surface area contributed by atoms with Crippen LogP contribution in [-0.4, -0.2) is 12.1 Å². The monoisotopic (exact) mass is 362 g/mol. The van der Waals surface area contributed by atoms with E-state index < -0.39 is 0 Å². The average molecular weight is 363 g/mol. The van der Waals surface area contributed by atoms with Crippen molar-refractivity contribution in [3.05, 3.63) is 71.2 Å². The zero-order chi connectivity index (χ0) is 18.3. The number of nitrogens with two attached hydrogens (primary N) is 1. The summed E-state index contributed by atoms with van der Waals surface area (Å²) in [5, 5.41) is 1.80. The highest BCUT2D eigenvalue weighted by molar-refractivity contribution is 6.33. The van der Waals surface area contributed by atoms with Crippen molar-refractivity contribution in [2.75, 3.05) is 12.8 Å². The van der Waals surface area contributed by atoms with Crippen molar-refractivity contribution in [3.63, 3.8) is 0 Å². The molecule has 0 aliphatic carbocycles. The van der Waals surface area contributed by atoms with E-state index in [0.717, 1.165) is 33.6 Å². The zero-order valence-corrected chi connectivity index (χ0v) is 15.4. The molecular formula is C22H19ClN2O. The van der Waals surface area contributed by atoms with Crippen LogP contribution in [-0.2, 0) is 0 Å². The molecule has 0 amide bonds. The lowest BCUT2D eigenvalue weighted by molar-refractivity contribution is 0.415. The van der Waals surface area contributed by atoms with Gasteiger partial charge in [0, 0.05) is 27.8 Å². The molecule has 130 valence electrons. The van der Waals surface area contributed by atoms with Gasteiger partial charge in [0.05, 0.1) is 12.1 Å². The summed E-state index contributed by atoms with van der Waals surface area (Å²) in [5.41, 5.74) is 13.2. The second kappa shape index (κ2) is 6.43. The molecule has 4 heteroatoms. The van der Waals surface area contributed by atoms with Crippen LogP contribution in [0.2, 0.25) is 5.02 Å². The number of fused-ring (bicyclic) bond motifs is 1. The minimum absolute atomic E-state index is 0.658. The predicted molar refractivity (Wildman–Crippen MR) is 110 cm³/mol. The normalized spacial score (nSPS) is 11.0. The van der Waals surface area contributed by atoms with Crippen LogP contribution in [0, 0.1) is 6.92 Å². The number of aromatic nitrogens is 1. The Hall–Kier alpha value is -2.91. The molecule has 3 aromatic carbocycles. The minimum atomic E-state index is 0.658. The van der Waals surface area contributed by atoms with Crippen LogP contribution in [0.25, 0.3) is 33.3 Å². The largest absolute Gasteiger partial charge is 0.497 e. The summed E-state index contributed by atoms with van der Waals surface area (Å²) in [6, 6.07) is 20.2. The van der Waals surface area contributed by atoms with Crippen molar-refractivity contribution in [1.29, 1.82) is 0 Å². The van der Waals surface area contributed by atoms with Gasteiger partial charge in [-0.05, 0) is 72.1 Å². The molecule has 0 unspecified atom stereocenters. The van der Waals surface area contributed by atoms with Crippen molar-refractivity contribution in [2.24, 2.45) is 0 Å². The minimum Gasteiger partial charge on any atom is -0.497 e. The molecule has 4 rings (SSSR count). The SMILES string of the molecule is COc1ccc(-c2cc3cc(-c4ccc(N)cc4C)ccc3[nH]2)c(Cl)c1. The van der Waals surface area contributed by atoms with Gasteiger partial charge in [-0.15, -0.1) is 0 Å². The molecule has 0 aliphatic rings.